The van der Waals surface area contributed by atoms with Gasteiger partial charge in [-0.25, -0.2) is 0 Å². The first-order valence-corrected chi connectivity index (χ1v) is 3.57. The third-order valence-corrected chi connectivity index (χ3v) is 1.29. The molecule has 0 saturated heterocycles. The van der Waals surface area contributed by atoms with Gasteiger partial charge in [0.15, 0.2) is 0 Å². The topological polar surface area (TPSA) is 26.0 Å². The van der Waals surface area contributed by atoms with Crippen LogP contribution in [-0.2, 0) is 0 Å². The van der Waals surface area contributed by atoms with Crippen molar-refractivity contribution in [2.24, 2.45) is 5.73 Å². The van der Waals surface area contributed by atoms with Gasteiger partial charge >= 0.3 is 0 Å². The molecule has 0 radical (unpaired) electrons. The highest BCUT2D eigenvalue weighted by atomic mass is 32.1. The molecule has 0 aromatic rings. The van der Waals surface area contributed by atoms with Crippen LogP contribution in [0.1, 0.15) is 25.7 Å². The van der Waals surface area contributed by atoms with Crippen LogP contribution in [0.4, 0.5) is 0 Å². The molecule has 2 N–H and O–H groups in total. The highest BCUT2D eigenvalue weighted by molar-refractivity contribution is 7.80. The van der Waals surface area contributed by atoms with Gasteiger partial charge in [-0.1, -0.05) is 18.3 Å². The van der Waals surface area contributed by atoms with Gasteiger partial charge in [0.05, 0.1) is 4.99 Å². The van der Waals surface area contributed by atoms with E-state index >= 15 is 0 Å². The largest absolute Gasteiger partial charge is 0.393 e. The molecule has 0 rings (SSSR count). The number of rotatable bonds is 5. The second-order valence-corrected chi connectivity index (χ2v) is 2.53. The first-order chi connectivity index (χ1) is 4.27. The van der Waals surface area contributed by atoms with Crippen molar-refractivity contribution in [1.29, 1.82) is 0 Å². The lowest BCUT2D eigenvalue weighted by atomic mass is 10.2. The standard InChI is InChI=1S/C7H13NS/c1-2-3-4-5-6-7(8)9/h2H,1,3-6H2,(H2,8,9). The van der Waals surface area contributed by atoms with E-state index in [0.29, 0.717) is 4.99 Å². The molecule has 0 saturated carbocycles. The van der Waals surface area contributed by atoms with E-state index in [2.05, 4.69) is 6.58 Å². The summed E-state index contributed by atoms with van der Waals surface area (Å²) >= 11 is 4.70. The summed E-state index contributed by atoms with van der Waals surface area (Å²) in [7, 11) is 0. The van der Waals surface area contributed by atoms with Crippen LogP contribution in [0.5, 0.6) is 0 Å². The number of thiocarbonyl (C=S) groups is 1. The minimum atomic E-state index is 0.624. The van der Waals surface area contributed by atoms with Gasteiger partial charge in [0, 0.05) is 0 Å². The monoisotopic (exact) mass is 143 g/mol. The third kappa shape index (κ3) is 7.63. The van der Waals surface area contributed by atoms with E-state index in [1.54, 1.807) is 0 Å². The summed E-state index contributed by atoms with van der Waals surface area (Å²) in [5.74, 6) is 0. The van der Waals surface area contributed by atoms with Gasteiger partial charge in [0.2, 0.25) is 0 Å². The molecule has 52 valence electrons. The highest BCUT2D eigenvalue weighted by Gasteiger charge is 1.87. The molecule has 0 aromatic heterocycles. The Balaban J connectivity index is 2.91. The van der Waals surface area contributed by atoms with Crippen molar-refractivity contribution in [3.8, 4) is 0 Å². The van der Waals surface area contributed by atoms with Gasteiger partial charge in [-0.3, -0.25) is 0 Å². The Bertz CT molecular complexity index is 99.1. The van der Waals surface area contributed by atoms with E-state index in [-0.39, 0.29) is 0 Å². The lowest BCUT2D eigenvalue weighted by Crippen LogP contribution is -2.06. The second kappa shape index (κ2) is 5.76. The Morgan fingerprint density at radius 2 is 2.22 bits per heavy atom. The zero-order valence-electron chi connectivity index (χ0n) is 5.60. The SMILES string of the molecule is C=CCCCCC(N)=S. The maximum atomic E-state index is 5.28. The van der Waals surface area contributed by atoms with Gasteiger partial charge in [0.1, 0.15) is 0 Å². The van der Waals surface area contributed by atoms with Crippen molar-refractivity contribution in [2.75, 3.05) is 0 Å². The summed E-state index contributed by atoms with van der Waals surface area (Å²) in [6, 6.07) is 0. The predicted octanol–water partition coefficient (Wildman–Crippen LogP) is 2.02. The number of nitrogens with two attached hydrogens (primary N) is 1. The summed E-state index contributed by atoms with van der Waals surface area (Å²) < 4.78 is 0. The summed E-state index contributed by atoms with van der Waals surface area (Å²) in [5, 5.41) is 0. The van der Waals surface area contributed by atoms with E-state index in [9.17, 15) is 0 Å². The smallest absolute Gasteiger partial charge is 0.0727 e. The second-order valence-electron chi connectivity index (χ2n) is 2.00. The van der Waals surface area contributed by atoms with Crippen molar-refractivity contribution in [1.82, 2.24) is 0 Å². The molecule has 1 nitrogen and oxygen atoms in total. The van der Waals surface area contributed by atoms with Crippen molar-refractivity contribution in [3.05, 3.63) is 12.7 Å². The van der Waals surface area contributed by atoms with Crippen LogP contribution in [0.3, 0.4) is 0 Å². The molecule has 0 amide bonds. The normalized spacial score (nSPS) is 8.89. The van der Waals surface area contributed by atoms with Crippen molar-refractivity contribution in [2.45, 2.75) is 25.7 Å². The van der Waals surface area contributed by atoms with Gasteiger partial charge in [-0.15, -0.1) is 6.58 Å². The zero-order chi connectivity index (χ0) is 7.11. The van der Waals surface area contributed by atoms with Crippen molar-refractivity contribution in [3.63, 3.8) is 0 Å². The molecule has 0 spiro atoms. The maximum Gasteiger partial charge on any atom is 0.0727 e. The van der Waals surface area contributed by atoms with Crippen LogP contribution >= 0.6 is 12.2 Å². The van der Waals surface area contributed by atoms with Crippen LogP contribution in [0.2, 0.25) is 0 Å². The molecule has 2 heteroatoms. The Morgan fingerprint density at radius 3 is 2.67 bits per heavy atom. The van der Waals surface area contributed by atoms with Crippen LogP contribution in [0.15, 0.2) is 12.7 Å². The minimum Gasteiger partial charge on any atom is -0.393 e. The maximum absolute atomic E-state index is 5.28. The van der Waals surface area contributed by atoms with E-state index in [4.69, 9.17) is 18.0 Å². The average molecular weight is 143 g/mol. The highest BCUT2D eigenvalue weighted by Crippen LogP contribution is 1.99. The summed E-state index contributed by atoms with van der Waals surface area (Å²) in [6.07, 6.45) is 6.12. The summed E-state index contributed by atoms with van der Waals surface area (Å²) in [5.41, 5.74) is 5.28. The number of unbranched alkanes of at least 4 members (excludes halogenated alkanes) is 2. The fourth-order valence-corrected chi connectivity index (χ4v) is 0.732. The predicted molar refractivity (Wildman–Crippen MR) is 45.5 cm³/mol. The molecule has 0 heterocycles. The first kappa shape index (κ1) is 8.63. The molecule has 0 atom stereocenters. The molecular formula is C7H13NS. The Hall–Kier alpha value is -0.370. The van der Waals surface area contributed by atoms with Gasteiger partial charge < -0.3 is 5.73 Å². The van der Waals surface area contributed by atoms with Crippen LogP contribution < -0.4 is 5.73 Å². The fraction of sp³-hybridized carbons (Fsp3) is 0.571. The molecule has 0 aromatic carbocycles. The number of hydrogen-bond acceptors (Lipinski definition) is 1. The molecule has 9 heavy (non-hydrogen) atoms. The van der Waals surface area contributed by atoms with Gasteiger partial charge in [-0.2, -0.15) is 0 Å². The van der Waals surface area contributed by atoms with E-state index in [1.807, 2.05) is 6.08 Å². The van der Waals surface area contributed by atoms with Crippen LogP contribution in [-0.4, -0.2) is 4.99 Å². The molecule has 0 bridgehead atoms. The molecule has 0 fully saturated rings. The molecular weight excluding hydrogens is 130 g/mol. The van der Waals surface area contributed by atoms with E-state index in [1.165, 1.54) is 0 Å². The fourth-order valence-electron chi connectivity index (χ4n) is 0.588. The van der Waals surface area contributed by atoms with E-state index < -0.39 is 0 Å². The van der Waals surface area contributed by atoms with E-state index in [0.717, 1.165) is 25.7 Å². The first-order valence-electron chi connectivity index (χ1n) is 3.16. The molecule has 0 aliphatic heterocycles. The van der Waals surface area contributed by atoms with Crippen LogP contribution in [0, 0.1) is 0 Å². The van der Waals surface area contributed by atoms with Gasteiger partial charge in [-0.05, 0) is 25.7 Å². The Labute approximate surface area is 61.9 Å². The van der Waals surface area contributed by atoms with Crippen molar-refractivity contribution >= 4 is 17.2 Å². The lowest BCUT2D eigenvalue weighted by Gasteiger charge is -1.94. The molecule has 0 aliphatic carbocycles. The summed E-state index contributed by atoms with van der Waals surface area (Å²) in [6.45, 7) is 3.61. The molecule has 0 unspecified atom stereocenters. The van der Waals surface area contributed by atoms with Gasteiger partial charge in [0.25, 0.3) is 0 Å². The Kier molecular flexibility index (Phi) is 5.52. The van der Waals surface area contributed by atoms with Crippen LogP contribution in [0.25, 0.3) is 0 Å². The number of hydrogen-bond donors (Lipinski definition) is 1. The zero-order valence-corrected chi connectivity index (χ0v) is 6.41. The lowest BCUT2D eigenvalue weighted by molar-refractivity contribution is 0.780. The third-order valence-electron chi connectivity index (χ3n) is 1.08. The Morgan fingerprint density at radius 1 is 1.56 bits per heavy atom. The summed E-state index contributed by atoms with van der Waals surface area (Å²) in [4.78, 5) is 0.624. The number of allylic oxidation sites excluding steroid dienone is 1. The quantitative estimate of drug-likeness (QED) is 0.362. The molecule has 0 aliphatic rings. The van der Waals surface area contributed by atoms with Crippen molar-refractivity contribution < 1.29 is 0 Å². The average Bonchev–Trinajstić information content (AvgIpc) is 1.80. The minimum absolute atomic E-state index is 0.624.